The highest BCUT2D eigenvalue weighted by Crippen LogP contribution is 2.26. The molecule has 6 heteroatoms. The smallest absolute Gasteiger partial charge is 0.375 e. The normalized spacial score (nSPS) is 13.8. The van der Waals surface area contributed by atoms with E-state index in [2.05, 4.69) is 9.68 Å². The maximum absolute atomic E-state index is 13.0. The highest BCUT2D eigenvalue weighted by molar-refractivity contribution is 5.77. The molecule has 0 aromatic carbocycles. The lowest BCUT2D eigenvalue weighted by atomic mass is 10.1. The molecule has 14 heavy (non-hydrogen) atoms. The number of carbonyl (C=O) groups excluding carboxylic acids is 1. The van der Waals surface area contributed by atoms with Crippen LogP contribution >= 0.6 is 0 Å². The topological polar surface area (TPSA) is 35.5 Å². The SMILES string of the molecule is CCCCC(OC)C(F)(F)C(=O)OF. The van der Waals surface area contributed by atoms with Gasteiger partial charge in [-0.2, -0.15) is 8.78 Å². The number of rotatable bonds is 6. The summed E-state index contributed by atoms with van der Waals surface area (Å²) in [4.78, 5) is 12.9. The maximum Gasteiger partial charge on any atom is 0.420 e. The molecule has 0 spiro atoms. The minimum atomic E-state index is -3.93. The van der Waals surface area contributed by atoms with Crippen LogP contribution in [-0.2, 0) is 14.5 Å². The molecule has 84 valence electrons. The molecule has 0 saturated heterocycles. The van der Waals surface area contributed by atoms with Crippen molar-refractivity contribution in [2.75, 3.05) is 7.11 Å². The van der Waals surface area contributed by atoms with Gasteiger partial charge < -0.3 is 4.74 Å². The minimum absolute atomic E-state index is 0.0188. The van der Waals surface area contributed by atoms with E-state index >= 15 is 0 Å². The van der Waals surface area contributed by atoms with Gasteiger partial charge in [-0.05, 0) is 6.42 Å². The van der Waals surface area contributed by atoms with E-state index in [9.17, 15) is 18.1 Å². The summed E-state index contributed by atoms with van der Waals surface area (Å²) < 4.78 is 41.7. The van der Waals surface area contributed by atoms with Gasteiger partial charge in [0.1, 0.15) is 6.10 Å². The van der Waals surface area contributed by atoms with Crippen LogP contribution in [0.1, 0.15) is 26.2 Å². The lowest BCUT2D eigenvalue weighted by Crippen LogP contribution is -2.43. The van der Waals surface area contributed by atoms with Crippen LogP contribution < -0.4 is 0 Å². The van der Waals surface area contributed by atoms with Crippen molar-refractivity contribution < 1.29 is 27.8 Å². The van der Waals surface area contributed by atoms with Gasteiger partial charge in [-0.1, -0.05) is 19.8 Å². The standard InChI is InChI=1S/C8H13F3O3/c1-3-4-5-6(13-2)8(9,10)7(12)14-11/h6H,3-5H2,1-2H3. The average Bonchev–Trinajstić information content (AvgIpc) is 2.17. The summed E-state index contributed by atoms with van der Waals surface area (Å²) >= 11 is 0. The molecule has 0 aromatic heterocycles. The predicted molar refractivity (Wildman–Crippen MR) is 42.5 cm³/mol. The number of halogens is 3. The molecule has 0 heterocycles. The van der Waals surface area contributed by atoms with E-state index in [1.807, 2.05) is 0 Å². The van der Waals surface area contributed by atoms with Gasteiger partial charge in [0.2, 0.25) is 0 Å². The highest BCUT2D eigenvalue weighted by atomic mass is 19.3. The first-order chi connectivity index (χ1) is 6.50. The van der Waals surface area contributed by atoms with Crippen LogP contribution in [0.5, 0.6) is 0 Å². The minimum Gasteiger partial charge on any atom is -0.375 e. The monoisotopic (exact) mass is 214 g/mol. The van der Waals surface area contributed by atoms with E-state index in [1.54, 1.807) is 6.92 Å². The van der Waals surface area contributed by atoms with Gasteiger partial charge in [0, 0.05) is 11.6 Å². The van der Waals surface area contributed by atoms with E-state index in [-0.39, 0.29) is 6.42 Å². The Bertz CT molecular complexity index is 185. The van der Waals surface area contributed by atoms with Crippen molar-refractivity contribution in [2.45, 2.75) is 38.2 Å². The molecule has 0 amide bonds. The zero-order valence-corrected chi connectivity index (χ0v) is 8.06. The number of hydrogen-bond acceptors (Lipinski definition) is 3. The molecular formula is C8H13F3O3. The molecule has 0 rings (SSSR count). The Morgan fingerprint density at radius 3 is 2.43 bits per heavy atom. The maximum atomic E-state index is 13.0. The first-order valence-electron chi connectivity index (χ1n) is 4.24. The average molecular weight is 214 g/mol. The van der Waals surface area contributed by atoms with Gasteiger partial charge in [-0.3, -0.25) is 0 Å². The fourth-order valence-electron chi connectivity index (χ4n) is 1.02. The molecule has 0 aliphatic heterocycles. The summed E-state index contributed by atoms with van der Waals surface area (Å²) in [5.74, 6) is -6.14. The molecule has 1 unspecified atom stereocenters. The lowest BCUT2D eigenvalue weighted by Gasteiger charge is -2.21. The first-order valence-corrected chi connectivity index (χ1v) is 4.24. The van der Waals surface area contributed by atoms with E-state index in [4.69, 9.17) is 0 Å². The summed E-state index contributed by atoms with van der Waals surface area (Å²) in [6, 6.07) is 0. The Hall–Kier alpha value is -0.780. The molecule has 0 saturated carbocycles. The Balaban J connectivity index is 4.39. The van der Waals surface area contributed by atoms with E-state index < -0.39 is 18.0 Å². The summed E-state index contributed by atoms with van der Waals surface area (Å²) in [6.45, 7) is 1.80. The molecule has 0 aliphatic carbocycles. The summed E-state index contributed by atoms with van der Waals surface area (Å²) in [5, 5.41) is 0. The van der Waals surface area contributed by atoms with Crippen molar-refractivity contribution in [2.24, 2.45) is 0 Å². The first kappa shape index (κ1) is 13.2. The van der Waals surface area contributed by atoms with Crippen LogP contribution in [0.15, 0.2) is 0 Å². The van der Waals surface area contributed by atoms with Gasteiger partial charge >= 0.3 is 11.9 Å². The lowest BCUT2D eigenvalue weighted by molar-refractivity contribution is -0.227. The van der Waals surface area contributed by atoms with E-state index in [0.717, 1.165) is 7.11 Å². The van der Waals surface area contributed by atoms with Crippen molar-refractivity contribution in [1.82, 2.24) is 0 Å². The largest absolute Gasteiger partial charge is 0.420 e. The van der Waals surface area contributed by atoms with Crippen LogP contribution in [0.2, 0.25) is 0 Å². The number of unbranched alkanes of at least 4 members (excludes halogenated alkanes) is 1. The van der Waals surface area contributed by atoms with Crippen LogP contribution in [0.3, 0.4) is 0 Å². The number of hydrogen-bond donors (Lipinski definition) is 0. The molecule has 1 atom stereocenters. The van der Waals surface area contributed by atoms with E-state index in [1.165, 1.54) is 0 Å². The summed E-state index contributed by atoms with van der Waals surface area (Å²) in [7, 11) is 1.04. The molecule has 0 aromatic rings. The number of carbonyl (C=O) groups is 1. The molecule has 0 radical (unpaired) electrons. The van der Waals surface area contributed by atoms with Gasteiger partial charge in [0.25, 0.3) is 0 Å². The summed E-state index contributed by atoms with van der Waals surface area (Å²) in [6.07, 6.45) is -0.505. The van der Waals surface area contributed by atoms with Crippen molar-refractivity contribution in [3.8, 4) is 0 Å². The Morgan fingerprint density at radius 1 is 1.50 bits per heavy atom. The Morgan fingerprint density at radius 2 is 2.07 bits per heavy atom. The number of ether oxygens (including phenoxy) is 1. The van der Waals surface area contributed by atoms with Gasteiger partial charge in [0.15, 0.2) is 0 Å². The third-order valence-corrected chi connectivity index (χ3v) is 1.85. The zero-order chi connectivity index (χ0) is 11.2. The Labute approximate surface area is 80.1 Å². The zero-order valence-electron chi connectivity index (χ0n) is 8.06. The van der Waals surface area contributed by atoms with Gasteiger partial charge in [0.05, 0.1) is 0 Å². The molecule has 0 aliphatic rings. The highest BCUT2D eigenvalue weighted by Gasteiger charge is 2.49. The van der Waals surface area contributed by atoms with Crippen molar-refractivity contribution in [3.63, 3.8) is 0 Å². The fourth-order valence-corrected chi connectivity index (χ4v) is 1.02. The second kappa shape index (κ2) is 5.85. The quantitative estimate of drug-likeness (QED) is 0.680. The predicted octanol–water partition coefficient (Wildman–Crippen LogP) is 2.25. The van der Waals surface area contributed by atoms with Crippen molar-refractivity contribution in [3.05, 3.63) is 0 Å². The number of alkyl halides is 2. The van der Waals surface area contributed by atoms with Gasteiger partial charge in [-0.25, -0.2) is 9.74 Å². The van der Waals surface area contributed by atoms with E-state index in [0.29, 0.717) is 12.8 Å². The third kappa shape index (κ3) is 3.17. The van der Waals surface area contributed by atoms with Gasteiger partial charge in [-0.15, -0.1) is 0 Å². The second-order valence-corrected chi connectivity index (χ2v) is 2.85. The van der Waals surface area contributed by atoms with Crippen LogP contribution in [-0.4, -0.2) is 25.1 Å². The molecule has 0 bridgehead atoms. The molecule has 0 N–H and O–H groups in total. The number of methoxy groups -OCH3 is 1. The van der Waals surface area contributed by atoms with Crippen LogP contribution in [0, 0.1) is 0 Å². The second-order valence-electron chi connectivity index (χ2n) is 2.85. The molecule has 3 nitrogen and oxygen atoms in total. The molecule has 0 fully saturated rings. The van der Waals surface area contributed by atoms with Crippen molar-refractivity contribution in [1.29, 1.82) is 0 Å². The van der Waals surface area contributed by atoms with Crippen LogP contribution in [0.25, 0.3) is 0 Å². The van der Waals surface area contributed by atoms with Crippen LogP contribution in [0.4, 0.5) is 13.3 Å². The molecular weight excluding hydrogens is 201 g/mol. The third-order valence-electron chi connectivity index (χ3n) is 1.85. The summed E-state index contributed by atoms with van der Waals surface area (Å²) in [5.41, 5.74) is 0. The fraction of sp³-hybridized carbons (Fsp3) is 0.875. The Kier molecular flexibility index (Phi) is 5.52. The van der Waals surface area contributed by atoms with Crippen molar-refractivity contribution >= 4 is 5.97 Å².